The van der Waals surface area contributed by atoms with Gasteiger partial charge in [0, 0.05) is 5.39 Å². The summed E-state index contributed by atoms with van der Waals surface area (Å²) < 4.78 is 5.37. The Bertz CT molecular complexity index is 796. The molecule has 3 heteroatoms. The number of Topliss-reactive ketones (excluding diaryl/α,β-unsaturated/α-hetero) is 1. The second-order valence-corrected chi connectivity index (χ2v) is 4.48. The zero-order valence-corrected chi connectivity index (χ0v) is 10.6. The Hall–Kier alpha value is -2.86. The van der Waals surface area contributed by atoms with Crippen molar-refractivity contribution >= 4 is 16.8 Å². The van der Waals surface area contributed by atoms with Crippen molar-refractivity contribution in [3.8, 4) is 6.07 Å². The molecule has 1 unspecified atom stereocenters. The van der Waals surface area contributed by atoms with E-state index in [9.17, 15) is 10.1 Å². The molecule has 0 spiro atoms. The molecule has 20 heavy (non-hydrogen) atoms. The lowest BCUT2D eigenvalue weighted by atomic mass is 9.92. The van der Waals surface area contributed by atoms with Crippen molar-refractivity contribution in [3.05, 3.63) is 72.0 Å². The maximum Gasteiger partial charge on any atom is 0.188 e. The minimum absolute atomic E-state index is 0.233. The predicted molar refractivity (Wildman–Crippen MR) is 75.3 cm³/mol. The van der Waals surface area contributed by atoms with E-state index in [2.05, 4.69) is 6.07 Å². The first kappa shape index (κ1) is 12.2. The summed E-state index contributed by atoms with van der Waals surface area (Å²) in [4.78, 5) is 12.6. The Morgan fingerprint density at radius 3 is 2.50 bits per heavy atom. The molecule has 0 bridgehead atoms. The predicted octanol–water partition coefficient (Wildman–Crippen LogP) is 3.92. The summed E-state index contributed by atoms with van der Waals surface area (Å²) >= 11 is 0. The summed E-state index contributed by atoms with van der Waals surface area (Å²) in [6.45, 7) is 0. The van der Waals surface area contributed by atoms with E-state index in [1.807, 2.05) is 36.4 Å². The summed E-state index contributed by atoms with van der Waals surface area (Å²) in [5, 5.41) is 10.1. The molecule has 3 rings (SSSR count). The number of rotatable bonds is 3. The molecule has 3 nitrogen and oxygen atoms in total. The van der Waals surface area contributed by atoms with Crippen LogP contribution in [0.3, 0.4) is 0 Å². The van der Waals surface area contributed by atoms with Gasteiger partial charge in [0.1, 0.15) is 17.8 Å². The minimum atomic E-state index is -0.808. The van der Waals surface area contributed by atoms with Crippen LogP contribution in [0, 0.1) is 11.3 Å². The molecular weight excluding hydrogens is 250 g/mol. The van der Waals surface area contributed by atoms with Gasteiger partial charge in [0.05, 0.1) is 11.6 Å². The first-order chi connectivity index (χ1) is 9.81. The minimum Gasteiger partial charge on any atom is -0.464 e. The number of carbonyl (C=O) groups excluding carboxylic acids is 1. The molecule has 0 fully saturated rings. The van der Waals surface area contributed by atoms with Crippen LogP contribution >= 0.6 is 0 Å². The van der Waals surface area contributed by atoms with E-state index in [1.54, 1.807) is 18.2 Å². The Morgan fingerprint density at radius 2 is 1.75 bits per heavy atom. The lowest BCUT2D eigenvalue weighted by molar-refractivity contribution is 0.0979. The van der Waals surface area contributed by atoms with E-state index in [-0.39, 0.29) is 5.78 Å². The van der Waals surface area contributed by atoms with E-state index >= 15 is 0 Å². The quantitative estimate of drug-likeness (QED) is 0.671. The number of carbonyl (C=O) groups is 1. The number of hydrogen-bond acceptors (Lipinski definition) is 3. The molecule has 0 aliphatic rings. The fourth-order valence-electron chi connectivity index (χ4n) is 2.25. The third-order valence-electron chi connectivity index (χ3n) is 3.27. The largest absolute Gasteiger partial charge is 0.464 e. The van der Waals surface area contributed by atoms with E-state index in [1.165, 1.54) is 6.26 Å². The Labute approximate surface area is 116 Å². The Balaban J connectivity index is 2.06. The van der Waals surface area contributed by atoms with Crippen molar-refractivity contribution in [1.82, 2.24) is 0 Å². The number of nitrogens with zero attached hydrogens (tertiary/aromatic N) is 1. The Kier molecular flexibility index (Phi) is 3.06. The second kappa shape index (κ2) is 5.02. The van der Waals surface area contributed by atoms with E-state index < -0.39 is 5.92 Å². The van der Waals surface area contributed by atoms with Crippen molar-refractivity contribution < 1.29 is 9.21 Å². The van der Waals surface area contributed by atoms with Crippen molar-refractivity contribution in [2.45, 2.75) is 5.92 Å². The lowest BCUT2D eigenvalue weighted by Gasteiger charge is -2.07. The van der Waals surface area contributed by atoms with Crippen molar-refractivity contribution in [1.29, 1.82) is 5.26 Å². The van der Waals surface area contributed by atoms with Gasteiger partial charge in [-0.1, -0.05) is 48.5 Å². The van der Waals surface area contributed by atoms with Gasteiger partial charge >= 0.3 is 0 Å². The third kappa shape index (κ3) is 1.98. The summed E-state index contributed by atoms with van der Waals surface area (Å²) in [6.07, 6.45) is 1.43. The highest BCUT2D eigenvalue weighted by atomic mass is 16.3. The maximum absolute atomic E-state index is 12.6. The second-order valence-electron chi connectivity index (χ2n) is 4.48. The topological polar surface area (TPSA) is 54.0 Å². The number of furan rings is 1. The maximum atomic E-state index is 12.6. The molecule has 96 valence electrons. The van der Waals surface area contributed by atoms with Gasteiger partial charge in [-0.3, -0.25) is 4.79 Å². The van der Waals surface area contributed by atoms with Crippen LogP contribution in [0.5, 0.6) is 0 Å². The van der Waals surface area contributed by atoms with Crippen LogP contribution in [0.4, 0.5) is 0 Å². The van der Waals surface area contributed by atoms with Gasteiger partial charge in [0.15, 0.2) is 5.78 Å². The lowest BCUT2D eigenvalue weighted by Crippen LogP contribution is -2.10. The molecule has 1 atom stereocenters. The van der Waals surface area contributed by atoms with Crippen LogP contribution in [-0.4, -0.2) is 5.78 Å². The van der Waals surface area contributed by atoms with E-state index in [4.69, 9.17) is 4.42 Å². The number of nitriles is 1. The molecule has 3 aromatic rings. The normalized spacial score (nSPS) is 11.9. The molecule has 0 aliphatic carbocycles. The van der Waals surface area contributed by atoms with Crippen LogP contribution in [0.15, 0.2) is 65.3 Å². The average molecular weight is 261 g/mol. The molecule has 0 saturated heterocycles. The molecule has 0 aliphatic heterocycles. The summed E-state index contributed by atoms with van der Waals surface area (Å²) in [7, 11) is 0. The molecule has 1 aromatic heterocycles. The van der Waals surface area contributed by atoms with E-state index in [0.717, 1.165) is 5.39 Å². The SMILES string of the molecule is N#CC(C(=O)c1coc2ccccc12)c1ccccc1. The van der Waals surface area contributed by atoms with E-state index in [0.29, 0.717) is 16.7 Å². The van der Waals surface area contributed by atoms with Gasteiger partial charge in [-0.25, -0.2) is 0 Å². The molecule has 0 radical (unpaired) electrons. The average Bonchev–Trinajstić information content (AvgIpc) is 2.93. The van der Waals surface area contributed by atoms with Gasteiger partial charge in [0.2, 0.25) is 0 Å². The van der Waals surface area contributed by atoms with Crippen LogP contribution in [0.2, 0.25) is 0 Å². The number of benzene rings is 2. The van der Waals surface area contributed by atoms with Gasteiger partial charge < -0.3 is 4.42 Å². The van der Waals surface area contributed by atoms with Gasteiger partial charge in [-0.15, -0.1) is 0 Å². The fourth-order valence-corrected chi connectivity index (χ4v) is 2.25. The first-order valence-corrected chi connectivity index (χ1v) is 6.26. The van der Waals surface area contributed by atoms with Crippen molar-refractivity contribution in [3.63, 3.8) is 0 Å². The standard InChI is InChI=1S/C17H11NO2/c18-10-14(12-6-2-1-3-7-12)17(19)15-11-20-16-9-5-4-8-13(15)16/h1-9,11,14H. The summed E-state index contributed by atoms with van der Waals surface area (Å²) in [6, 6.07) is 18.5. The third-order valence-corrected chi connectivity index (χ3v) is 3.27. The molecule has 2 aromatic carbocycles. The summed E-state index contributed by atoms with van der Waals surface area (Å²) in [5.74, 6) is -1.04. The van der Waals surface area contributed by atoms with Crippen LogP contribution < -0.4 is 0 Å². The van der Waals surface area contributed by atoms with Crippen LogP contribution in [-0.2, 0) is 0 Å². The molecule has 0 N–H and O–H groups in total. The number of hydrogen-bond donors (Lipinski definition) is 0. The number of ketones is 1. The fraction of sp³-hybridized carbons (Fsp3) is 0.0588. The highest BCUT2D eigenvalue weighted by Crippen LogP contribution is 2.27. The zero-order valence-electron chi connectivity index (χ0n) is 10.6. The number of fused-ring (bicyclic) bond motifs is 1. The molecular formula is C17H11NO2. The molecule has 1 heterocycles. The van der Waals surface area contributed by atoms with Crippen LogP contribution in [0.25, 0.3) is 11.0 Å². The first-order valence-electron chi connectivity index (χ1n) is 6.26. The van der Waals surface area contributed by atoms with Crippen LogP contribution in [0.1, 0.15) is 21.8 Å². The smallest absolute Gasteiger partial charge is 0.188 e. The highest BCUT2D eigenvalue weighted by Gasteiger charge is 2.24. The zero-order chi connectivity index (χ0) is 13.9. The Morgan fingerprint density at radius 1 is 1.05 bits per heavy atom. The highest BCUT2D eigenvalue weighted by molar-refractivity contribution is 6.11. The van der Waals surface area contributed by atoms with Crippen molar-refractivity contribution in [2.24, 2.45) is 0 Å². The van der Waals surface area contributed by atoms with Crippen molar-refractivity contribution in [2.75, 3.05) is 0 Å². The van der Waals surface area contributed by atoms with Gasteiger partial charge in [0.25, 0.3) is 0 Å². The van der Waals surface area contributed by atoms with Gasteiger partial charge in [-0.05, 0) is 11.6 Å². The van der Waals surface area contributed by atoms with Gasteiger partial charge in [-0.2, -0.15) is 5.26 Å². The molecule has 0 saturated carbocycles. The summed E-state index contributed by atoms with van der Waals surface area (Å²) in [5.41, 5.74) is 1.81. The molecule has 0 amide bonds. The monoisotopic (exact) mass is 261 g/mol. The number of para-hydroxylation sites is 1.